The Hall–Kier alpha value is -2.83. The molecule has 1 aromatic carbocycles. The van der Waals surface area contributed by atoms with Crippen LogP contribution in [0.3, 0.4) is 0 Å². The van der Waals surface area contributed by atoms with Crippen LogP contribution in [0.15, 0.2) is 30.6 Å². The number of nitrogens with one attached hydrogen (secondary N) is 1. The molecule has 3 rings (SSSR count). The zero-order valence-electron chi connectivity index (χ0n) is 10.4. The van der Waals surface area contributed by atoms with Crippen LogP contribution >= 0.6 is 0 Å². The summed E-state index contributed by atoms with van der Waals surface area (Å²) in [5, 5.41) is 2.85. The first-order valence-electron chi connectivity index (χ1n) is 5.77. The quantitative estimate of drug-likeness (QED) is 0.663. The Labute approximate surface area is 113 Å². The van der Waals surface area contributed by atoms with E-state index in [4.69, 9.17) is 0 Å². The lowest BCUT2D eigenvalue weighted by Crippen LogP contribution is -2.24. The van der Waals surface area contributed by atoms with E-state index >= 15 is 0 Å². The van der Waals surface area contributed by atoms with Gasteiger partial charge in [0.2, 0.25) is 5.95 Å². The zero-order valence-corrected chi connectivity index (χ0v) is 10.4. The summed E-state index contributed by atoms with van der Waals surface area (Å²) in [6, 6.07) is 5.85. The predicted octanol–water partition coefficient (Wildman–Crippen LogP) is 1.59. The molecule has 100 valence electrons. The van der Waals surface area contributed by atoms with Gasteiger partial charge in [-0.25, -0.2) is 9.97 Å². The molecule has 1 N–H and O–H groups in total. The fourth-order valence-corrected chi connectivity index (χ4v) is 1.99. The van der Waals surface area contributed by atoms with Crippen LogP contribution in [0.1, 0.15) is 20.7 Å². The Balaban J connectivity index is 1.95. The second-order valence-electron chi connectivity index (χ2n) is 4.28. The molecule has 0 bridgehead atoms. The van der Waals surface area contributed by atoms with Crippen LogP contribution in [-0.2, 0) is 0 Å². The molecule has 2 aromatic rings. The van der Waals surface area contributed by atoms with Gasteiger partial charge in [-0.15, -0.1) is 0 Å². The molecule has 1 aliphatic heterocycles. The highest BCUT2D eigenvalue weighted by atomic mass is 19.1. The van der Waals surface area contributed by atoms with Gasteiger partial charge >= 0.3 is 0 Å². The van der Waals surface area contributed by atoms with Gasteiger partial charge < -0.3 is 5.32 Å². The highest BCUT2D eigenvalue weighted by molar-refractivity contribution is 6.21. The number of fused-ring (bicyclic) bond motifs is 1. The van der Waals surface area contributed by atoms with Crippen molar-refractivity contribution < 1.29 is 14.0 Å². The second-order valence-corrected chi connectivity index (χ2v) is 4.28. The molecule has 0 fully saturated rings. The van der Waals surface area contributed by atoms with Crippen molar-refractivity contribution in [2.45, 2.75) is 0 Å². The molecule has 7 heteroatoms. The number of hydrogen-bond donors (Lipinski definition) is 1. The third-order valence-electron chi connectivity index (χ3n) is 3.00. The van der Waals surface area contributed by atoms with Crippen LogP contribution in [0.25, 0.3) is 0 Å². The van der Waals surface area contributed by atoms with Gasteiger partial charge in [0.25, 0.3) is 11.8 Å². The molecule has 0 saturated heterocycles. The lowest BCUT2D eigenvalue weighted by molar-refractivity contribution is 0.0693. The number of carbonyl (C=O) groups is 2. The number of hydrogen-bond acceptors (Lipinski definition) is 5. The molecular weight excluding hydrogens is 263 g/mol. The normalized spacial score (nSPS) is 13.6. The first-order valence-corrected chi connectivity index (χ1v) is 5.77. The van der Waals surface area contributed by atoms with Crippen LogP contribution in [-0.4, -0.2) is 33.7 Å². The number of nitrogens with zero attached hydrogens (tertiary/aromatic N) is 3. The van der Waals surface area contributed by atoms with Crippen LogP contribution in [0, 0.1) is 5.95 Å². The van der Waals surface area contributed by atoms with Crippen molar-refractivity contribution in [3.05, 3.63) is 47.7 Å². The molecular formula is C13H9FN4O2. The minimum Gasteiger partial charge on any atom is -0.340 e. The maximum absolute atomic E-state index is 13.0. The molecule has 1 aromatic heterocycles. The molecule has 2 heterocycles. The lowest BCUT2D eigenvalue weighted by Gasteiger charge is -2.06. The summed E-state index contributed by atoms with van der Waals surface area (Å²) in [5.74, 6) is -1.08. The number of aromatic nitrogens is 2. The number of halogens is 1. The van der Waals surface area contributed by atoms with Crippen molar-refractivity contribution >= 4 is 23.3 Å². The molecule has 2 amide bonds. The van der Waals surface area contributed by atoms with Crippen molar-refractivity contribution in [1.82, 2.24) is 14.9 Å². The van der Waals surface area contributed by atoms with Crippen LogP contribution in [0.5, 0.6) is 0 Å². The van der Waals surface area contributed by atoms with Gasteiger partial charge in [-0.1, -0.05) is 0 Å². The first kappa shape index (κ1) is 12.2. The fraction of sp³-hybridized carbons (Fsp3) is 0.0769. The Kier molecular flexibility index (Phi) is 2.67. The second kappa shape index (κ2) is 4.37. The minimum absolute atomic E-state index is 0.266. The average molecular weight is 272 g/mol. The molecule has 0 unspecified atom stereocenters. The standard InChI is InChI=1S/C13H9FN4O2/c1-18-12(19)8-3-2-7(4-9(8)13(18)20)17-11-5-10(14)15-6-16-11/h2-6H,1H3,(H,15,16,17). The van der Waals surface area contributed by atoms with Gasteiger partial charge in [0.15, 0.2) is 0 Å². The number of anilines is 2. The topological polar surface area (TPSA) is 75.2 Å². The summed E-state index contributed by atoms with van der Waals surface area (Å²) in [7, 11) is 1.43. The van der Waals surface area contributed by atoms with Crippen LogP contribution in [0.4, 0.5) is 15.9 Å². The summed E-state index contributed by atoms with van der Waals surface area (Å²) in [4.78, 5) is 31.8. The van der Waals surface area contributed by atoms with E-state index in [1.165, 1.54) is 7.05 Å². The number of carbonyl (C=O) groups excluding carboxylic acids is 2. The highest BCUT2D eigenvalue weighted by Gasteiger charge is 2.32. The van der Waals surface area contributed by atoms with Gasteiger partial charge in [-0.05, 0) is 18.2 Å². The van der Waals surface area contributed by atoms with Crippen LogP contribution in [0.2, 0.25) is 0 Å². The number of rotatable bonds is 2. The van der Waals surface area contributed by atoms with E-state index in [0.717, 1.165) is 17.3 Å². The molecule has 0 saturated carbocycles. The van der Waals surface area contributed by atoms with Gasteiger partial charge in [0, 0.05) is 18.8 Å². The minimum atomic E-state index is -0.658. The van der Waals surface area contributed by atoms with Crippen LogP contribution < -0.4 is 5.32 Å². The van der Waals surface area contributed by atoms with E-state index in [9.17, 15) is 14.0 Å². The Morgan fingerprint density at radius 3 is 2.60 bits per heavy atom. The van der Waals surface area contributed by atoms with Crippen molar-refractivity contribution in [2.24, 2.45) is 0 Å². The summed E-state index contributed by atoms with van der Waals surface area (Å²) < 4.78 is 13.0. The molecule has 0 radical (unpaired) electrons. The number of amides is 2. The van der Waals surface area contributed by atoms with E-state index in [1.807, 2.05) is 0 Å². The molecule has 0 atom stereocenters. The third kappa shape index (κ3) is 1.89. The average Bonchev–Trinajstić information content (AvgIpc) is 2.64. The fourth-order valence-electron chi connectivity index (χ4n) is 1.99. The Morgan fingerprint density at radius 1 is 1.10 bits per heavy atom. The Morgan fingerprint density at radius 2 is 1.85 bits per heavy atom. The van der Waals surface area contributed by atoms with Crippen molar-refractivity contribution in [2.75, 3.05) is 12.4 Å². The maximum atomic E-state index is 13.0. The van der Waals surface area contributed by atoms with E-state index in [2.05, 4.69) is 15.3 Å². The summed E-state index contributed by atoms with van der Waals surface area (Å²) in [5.41, 5.74) is 1.22. The van der Waals surface area contributed by atoms with E-state index < -0.39 is 5.95 Å². The lowest BCUT2D eigenvalue weighted by atomic mass is 10.1. The smallest absolute Gasteiger partial charge is 0.261 e. The first-order chi connectivity index (χ1) is 9.56. The third-order valence-corrected chi connectivity index (χ3v) is 3.00. The number of benzene rings is 1. The summed E-state index contributed by atoms with van der Waals surface area (Å²) >= 11 is 0. The SMILES string of the molecule is CN1C(=O)c2ccc(Nc3cc(F)ncn3)cc2C1=O. The number of imide groups is 1. The highest BCUT2D eigenvalue weighted by Crippen LogP contribution is 2.26. The van der Waals surface area contributed by atoms with Crippen molar-refractivity contribution in [1.29, 1.82) is 0 Å². The molecule has 0 spiro atoms. The van der Waals surface area contributed by atoms with E-state index in [-0.39, 0.29) is 17.6 Å². The van der Waals surface area contributed by atoms with Crippen molar-refractivity contribution in [3.8, 4) is 0 Å². The monoisotopic (exact) mass is 272 g/mol. The maximum Gasteiger partial charge on any atom is 0.261 e. The van der Waals surface area contributed by atoms with Gasteiger partial charge in [-0.3, -0.25) is 14.5 Å². The molecule has 1 aliphatic rings. The van der Waals surface area contributed by atoms with Gasteiger partial charge in [-0.2, -0.15) is 4.39 Å². The van der Waals surface area contributed by atoms with Gasteiger partial charge in [0.1, 0.15) is 12.1 Å². The predicted molar refractivity (Wildman–Crippen MR) is 68.1 cm³/mol. The summed E-state index contributed by atoms with van der Waals surface area (Å²) in [6.07, 6.45) is 1.09. The zero-order chi connectivity index (χ0) is 14.3. The van der Waals surface area contributed by atoms with Crippen molar-refractivity contribution in [3.63, 3.8) is 0 Å². The van der Waals surface area contributed by atoms with E-state index in [0.29, 0.717) is 16.8 Å². The molecule has 6 nitrogen and oxygen atoms in total. The molecule has 0 aliphatic carbocycles. The van der Waals surface area contributed by atoms with E-state index in [1.54, 1.807) is 18.2 Å². The van der Waals surface area contributed by atoms with Gasteiger partial charge in [0.05, 0.1) is 11.1 Å². The summed E-state index contributed by atoms with van der Waals surface area (Å²) in [6.45, 7) is 0. The Bertz CT molecular complexity index is 732. The molecule has 20 heavy (non-hydrogen) atoms. The largest absolute Gasteiger partial charge is 0.340 e.